The SMILES string of the molecule is c1ccc(-c2ccc3sc4ccc(N(c5ccccc5)c5cccc6sc7c(C(c8ccccc8)c8ccccc8)cccc7c56)cc4c3c2)cc1. The zero-order valence-corrected chi connectivity index (χ0v) is 29.9. The Morgan fingerprint density at radius 1 is 0.385 bits per heavy atom. The third-order valence-corrected chi connectivity index (χ3v) is 12.6. The van der Waals surface area contributed by atoms with Crippen molar-refractivity contribution in [3.8, 4) is 11.1 Å². The van der Waals surface area contributed by atoms with Gasteiger partial charge >= 0.3 is 0 Å². The highest BCUT2D eigenvalue weighted by molar-refractivity contribution is 7.26. The number of fused-ring (bicyclic) bond motifs is 6. The summed E-state index contributed by atoms with van der Waals surface area (Å²) in [6.45, 7) is 0. The second-order valence-electron chi connectivity index (χ2n) is 13.3. The number of thiophene rings is 2. The summed E-state index contributed by atoms with van der Waals surface area (Å²) < 4.78 is 5.23. The Morgan fingerprint density at radius 3 is 1.71 bits per heavy atom. The van der Waals surface area contributed by atoms with E-state index in [1.54, 1.807) is 0 Å². The fraction of sp³-hybridized carbons (Fsp3) is 0.0204. The van der Waals surface area contributed by atoms with Gasteiger partial charge in [-0.3, -0.25) is 0 Å². The molecule has 0 amide bonds. The van der Waals surface area contributed by atoms with Crippen LogP contribution >= 0.6 is 22.7 Å². The van der Waals surface area contributed by atoms with Crippen molar-refractivity contribution in [2.45, 2.75) is 5.92 Å². The van der Waals surface area contributed by atoms with E-state index in [0.29, 0.717) is 0 Å². The van der Waals surface area contributed by atoms with E-state index in [1.807, 2.05) is 22.7 Å². The van der Waals surface area contributed by atoms with Crippen LogP contribution in [-0.2, 0) is 0 Å². The molecular formula is C49H33NS2. The Hall–Kier alpha value is -6.00. The normalized spacial score (nSPS) is 11.6. The van der Waals surface area contributed by atoms with Crippen molar-refractivity contribution in [2.75, 3.05) is 4.90 Å². The molecule has 0 bridgehead atoms. The molecule has 1 nitrogen and oxygen atoms in total. The first kappa shape index (κ1) is 30.8. The number of para-hydroxylation sites is 1. The minimum absolute atomic E-state index is 0.128. The molecule has 0 atom stereocenters. The van der Waals surface area contributed by atoms with E-state index in [0.717, 1.165) is 11.4 Å². The topological polar surface area (TPSA) is 3.24 Å². The molecule has 0 spiro atoms. The smallest absolute Gasteiger partial charge is 0.0554 e. The van der Waals surface area contributed by atoms with Crippen LogP contribution in [0.15, 0.2) is 194 Å². The zero-order chi connectivity index (χ0) is 34.4. The molecule has 246 valence electrons. The lowest BCUT2D eigenvalue weighted by atomic mass is 9.84. The molecule has 0 radical (unpaired) electrons. The van der Waals surface area contributed by atoms with Crippen LogP contribution in [-0.4, -0.2) is 0 Å². The highest BCUT2D eigenvalue weighted by atomic mass is 32.1. The molecule has 10 aromatic rings. The van der Waals surface area contributed by atoms with Crippen molar-refractivity contribution < 1.29 is 0 Å². The molecule has 0 unspecified atom stereocenters. The van der Waals surface area contributed by atoms with Crippen LogP contribution in [0.3, 0.4) is 0 Å². The quantitative estimate of drug-likeness (QED) is 0.150. The molecule has 0 saturated heterocycles. The Kier molecular flexibility index (Phi) is 7.67. The molecule has 0 N–H and O–H groups in total. The van der Waals surface area contributed by atoms with E-state index in [-0.39, 0.29) is 5.92 Å². The van der Waals surface area contributed by atoms with Gasteiger partial charge in [-0.15, -0.1) is 22.7 Å². The monoisotopic (exact) mass is 699 g/mol. The average Bonchev–Trinajstić information content (AvgIpc) is 3.79. The predicted octanol–water partition coefficient (Wildman–Crippen LogP) is 14.7. The Labute approximate surface area is 311 Å². The van der Waals surface area contributed by atoms with Gasteiger partial charge < -0.3 is 4.90 Å². The third-order valence-electron chi connectivity index (χ3n) is 10.2. The van der Waals surface area contributed by atoms with Gasteiger partial charge in [0.15, 0.2) is 0 Å². The van der Waals surface area contributed by atoms with E-state index < -0.39 is 0 Å². The Morgan fingerprint density at radius 2 is 1.00 bits per heavy atom. The van der Waals surface area contributed by atoms with Crippen LogP contribution in [0.2, 0.25) is 0 Å². The summed E-state index contributed by atoms with van der Waals surface area (Å²) in [6.07, 6.45) is 0. The van der Waals surface area contributed by atoms with Crippen molar-refractivity contribution in [3.63, 3.8) is 0 Å². The number of anilines is 3. The summed E-state index contributed by atoms with van der Waals surface area (Å²) in [6, 6.07) is 71.0. The molecule has 52 heavy (non-hydrogen) atoms. The van der Waals surface area contributed by atoms with Gasteiger partial charge in [0.05, 0.1) is 5.69 Å². The van der Waals surface area contributed by atoms with Crippen molar-refractivity contribution in [1.29, 1.82) is 0 Å². The van der Waals surface area contributed by atoms with Gasteiger partial charge in [-0.2, -0.15) is 0 Å². The van der Waals surface area contributed by atoms with Crippen molar-refractivity contribution in [1.82, 2.24) is 0 Å². The second kappa shape index (κ2) is 13.0. The van der Waals surface area contributed by atoms with E-state index in [9.17, 15) is 0 Å². The largest absolute Gasteiger partial charge is 0.310 e. The molecule has 0 fully saturated rings. The minimum Gasteiger partial charge on any atom is -0.310 e. The summed E-state index contributed by atoms with van der Waals surface area (Å²) in [5.74, 6) is 0.128. The fourth-order valence-electron chi connectivity index (χ4n) is 7.83. The summed E-state index contributed by atoms with van der Waals surface area (Å²) in [5, 5.41) is 5.16. The zero-order valence-electron chi connectivity index (χ0n) is 28.3. The van der Waals surface area contributed by atoms with Gasteiger partial charge in [-0.1, -0.05) is 140 Å². The maximum Gasteiger partial charge on any atom is 0.0554 e. The molecule has 0 aliphatic carbocycles. The van der Waals surface area contributed by atoms with Crippen molar-refractivity contribution >= 4 is 80.1 Å². The van der Waals surface area contributed by atoms with Crippen molar-refractivity contribution in [3.05, 3.63) is 211 Å². The van der Waals surface area contributed by atoms with Gasteiger partial charge in [-0.05, 0) is 82.4 Å². The number of nitrogens with zero attached hydrogens (tertiary/aromatic N) is 1. The fourth-order valence-corrected chi connectivity index (χ4v) is 10.2. The minimum atomic E-state index is 0.128. The van der Waals surface area contributed by atoms with E-state index >= 15 is 0 Å². The number of rotatable bonds is 7. The highest BCUT2D eigenvalue weighted by Crippen LogP contribution is 2.49. The predicted molar refractivity (Wildman–Crippen MR) is 226 cm³/mol. The molecule has 8 aromatic carbocycles. The van der Waals surface area contributed by atoms with Crippen LogP contribution in [0.1, 0.15) is 22.6 Å². The van der Waals surface area contributed by atoms with Crippen molar-refractivity contribution in [2.24, 2.45) is 0 Å². The maximum absolute atomic E-state index is 2.46. The molecule has 3 heteroatoms. The van der Waals surface area contributed by atoms with Gasteiger partial charge in [0.25, 0.3) is 0 Å². The lowest BCUT2D eigenvalue weighted by Crippen LogP contribution is -2.10. The molecule has 0 aliphatic heterocycles. The number of hydrogen-bond donors (Lipinski definition) is 0. The Balaban J connectivity index is 1.19. The standard InChI is InChI=1S/C49H33NS2/c1-5-15-33(16-6-1)36-27-29-44-41(31-36)42-32-38(28-30-45(42)51-44)50(37-21-11-4-12-22-37)43-25-14-26-46-48(43)40-24-13-23-39(49(40)52-46)47(34-17-7-2-8-18-34)35-19-9-3-10-20-35/h1-32,47H. The van der Waals surface area contributed by atoms with Crippen LogP contribution in [0, 0.1) is 0 Å². The summed E-state index contributed by atoms with van der Waals surface area (Å²) in [7, 11) is 0. The molecule has 2 aromatic heterocycles. The first-order valence-corrected chi connectivity index (χ1v) is 19.3. The summed E-state index contributed by atoms with van der Waals surface area (Å²) >= 11 is 3.78. The lowest BCUT2D eigenvalue weighted by Gasteiger charge is -2.26. The van der Waals surface area contributed by atoms with E-state index in [4.69, 9.17) is 0 Å². The first-order valence-electron chi connectivity index (χ1n) is 17.7. The number of hydrogen-bond acceptors (Lipinski definition) is 3. The molecule has 0 saturated carbocycles. The third kappa shape index (κ3) is 5.29. The maximum atomic E-state index is 2.46. The highest BCUT2D eigenvalue weighted by Gasteiger charge is 2.24. The summed E-state index contributed by atoms with van der Waals surface area (Å²) in [4.78, 5) is 2.46. The lowest BCUT2D eigenvalue weighted by molar-refractivity contribution is 0.991. The van der Waals surface area contributed by atoms with Crippen LogP contribution < -0.4 is 4.90 Å². The van der Waals surface area contributed by atoms with Gasteiger partial charge in [0.2, 0.25) is 0 Å². The van der Waals surface area contributed by atoms with E-state index in [1.165, 1.54) is 73.8 Å². The second-order valence-corrected chi connectivity index (χ2v) is 15.4. The average molecular weight is 700 g/mol. The molecule has 2 heterocycles. The summed E-state index contributed by atoms with van der Waals surface area (Å²) in [5.41, 5.74) is 9.91. The van der Waals surface area contributed by atoms with Gasteiger partial charge in [-0.25, -0.2) is 0 Å². The van der Waals surface area contributed by atoms with Gasteiger partial charge in [0.1, 0.15) is 0 Å². The van der Waals surface area contributed by atoms with E-state index in [2.05, 4.69) is 199 Å². The molecule has 10 rings (SSSR count). The van der Waals surface area contributed by atoms with Crippen LogP contribution in [0.5, 0.6) is 0 Å². The number of benzene rings is 8. The molecule has 0 aliphatic rings. The Bertz CT molecular complexity index is 2800. The molecular weight excluding hydrogens is 667 g/mol. The van der Waals surface area contributed by atoms with Crippen LogP contribution in [0.25, 0.3) is 51.5 Å². The van der Waals surface area contributed by atoms with Crippen LogP contribution in [0.4, 0.5) is 17.1 Å². The first-order chi connectivity index (χ1) is 25.8. The van der Waals surface area contributed by atoms with Gasteiger partial charge in [0, 0.05) is 57.6 Å².